The van der Waals surface area contributed by atoms with E-state index in [1.807, 2.05) is 0 Å². The molecule has 1 aliphatic heterocycles. The standard InChI is InChI=1S/C12H20N2/c1-12(10-13,11-6-7-11)14-8-4-2-3-5-9-14/h11H,2-9H2,1H3. The van der Waals surface area contributed by atoms with Gasteiger partial charge in [-0.25, -0.2) is 0 Å². The van der Waals surface area contributed by atoms with Crippen molar-refractivity contribution in [2.75, 3.05) is 13.1 Å². The molecule has 0 aromatic heterocycles. The van der Waals surface area contributed by atoms with Crippen LogP contribution in [0.25, 0.3) is 0 Å². The number of nitrogens with zero attached hydrogens (tertiary/aromatic N) is 2. The van der Waals surface area contributed by atoms with Crippen LogP contribution >= 0.6 is 0 Å². The molecule has 78 valence electrons. The fourth-order valence-corrected chi connectivity index (χ4v) is 2.60. The minimum Gasteiger partial charge on any atom is -0.286 e. The first kappa shape index (κ1) is 9.98. The van der Waals surface area contributed by atoms with Gasteiger partial charge < -0.3 is 0 Å². The molecule has 1 heterocycles. The quantitative estimate of drug-likeness (QED) is 0.672. The zero-order valence-electron chi connectivity index (χ0n) is 9.13. The van der Waals surface area contributed by atoms with E-state index in [0.29, 0.717) is 5.92 Å². The predicted octanol–water partition coefficient (Wildman–Crippen LogP) is 2.55. The third-order valence-electron chi connectivity index (χ3n) is 3.86. The Labute approximate surface area is 86.9 Å². The van der Waals surface area contributed by atoms with E-state index in [9.17, 15) is 5.26 Å². The summed E-state index contributed by atoms with van der Waals surface area (Å²) in [4.78, 5) is 2.44. The average Bonchev–Trinajstić information content (AvgIpc) is 3.03. The highest BCUT2D eigenvalue weighted by molar-refractivity contribution is 5.13. The maximum Gasteiger partial charge on any atom is 0.109 e. The monoisotopic (exact) mass is 192 g/mol. The van der Waals surface area contributed by atoms with Crippen LogP contribution in [-0.4, -0.2) is 23.5 Å². The summed E-state index contributed by atoms with van der Waals surface area (Å²) >= 11 is 0. The largest absolute Gasteiger partial charge is 0.286 e. The Morgan fingerprint density at radius 1 is 1.14 bits per heavy atom. The highest BCUT2D eigenvalue weighted by atomic mass is 15.2. The van der Waals surface area contributed by atoms with Crippen LogP contribution in [0.5, 0.6) is 0 Å². The van der Waals surface area contributed by atoms with Gasteiger partial charge in [0, 0.05) is 0 Å². The van der Waals surface area contributed by atoms with Crippen LogP contribution in [0.1, 0.15) is 45.4 Å². The Morgan fingerprint density at radius 3 is 2.14 bits per heavy atom. The molecule has 0 N–H and O–H groups in total. The van der Waals surface area contributed by atoms with Crippen molar-refractivity contribution in [3.05, 3.63) is 0 Å². The van der Waals surface area contributed by atoms with Gasteiger partial charge in [-0.1, -0.05) is 12.8 Å². The highest BCUT2D eigenvalue weighted by Crippen LogP contribution is 2.43. The third kappa shape index (κ3) is 1.79. The molecule has 2 nitrogen and oxygen atoms in total. The van der Waals surface area contributed by atoms with Crippen molar-refractivity contribution in [2.45, 2.75) is 51.0 Å². The molecule has 1 aliphatic carbocycles. The van der Waals surface area contributed by atoms with Crippen molar-refractivity contribution in [2.24, 2.45) is 5.92 Å². The summed E-state index contributed by atoms with van der Waals surface area (Å²) in [6.07, 6.45) is 7.79. The molecule has 1 unspecified atom stereocenters. The summed E-state index contributed by atoms with van der Waals surface area (Å²) < 4.78 is 0. The lowest BCUT2D eigenvalue weighted by Crippen LogP contribution is -2.47. The topological polar surface area (TPSA) is 27.0 Å². The van der Waals surface area contributed by atoms with E-state index < -0.39 is 0 Å². The van der Waals surface area contributed by atoms with Gasteiger partial charge in [0.05, 0.1) is 6.07 Å². The number of nitriles is 1. The Kier molecular flexibility index (Phi) is 2.78. The summed E-state index contributed by atoms with van der Waals surface area (Å²) in [5.74, 6) is 0.658. The van der Waals surface area contributed by atoms with Crippen LogP contribution in [0.2, 0.25) is 0 Å². The van der Waals surface area contributed by atoms with Crippen LogP contribution in [0.4, 0.5) is 0 Å². The Morgan fingerprint density at radius 2 is 1.71 bits per heavy atom. The summed E-state index contributed by atoms with van der Waals surface area (Å²) in [6, 6.07) is 2.56. The van der Waals surface area contributed by atoms with Crippen LogP contribution in [0, 0.1) is 17.2 Å². The first-order valence-corrected chi connectivity index (χ1v) is 5.93. The van der Waals surface area contributed by atoms with Crippen molar-refractivity contribution in [1.29, 1.82) is 5.26 Å². The molecule has 1 saturated carbocycles. The zero-order valence-corrected chi connectivity index (χ0v) is 9.13. The second-order valence-corrected chi connectivity index (χ2v) is 4.93. The van der Waals surface area contributed by atoms with Crippen molar-refractivity contribution < 1.29 is 0 Å². The van der Waals surface area contributed by atoms with Crippen molar-refractivity contribution >= 4 is 0 Å². The average molecular weight is 192 g/mol. The second kappa shape index (κ2) is 3.90. The van der Waals surface area contributed by atoms with Crippen LogP contribution < -0.4 is 0 Å². The van der Waals surface area contributed by atoms with Gasteiger partial charge in [0.25, 0.3) is 0 Å². The lowest BCUT2D eigenvalue weighted by atomic mass is 9.95. The SMILES string of the molecule is CC(C#N)(C1CC1)N1CCCCCC1. The highest BCUT2D eigenvalue weighted by Gasteiger charge is 2.45. The van der Waals surface area contributed by atoms with Gasteiger partial charge in [-0.2, -0.15) is 5.26 Å². The van der Waals surface area contributed by atoms with E-state index in [4.69, 9.17) is 0 Å². The normalized spacial score (nSPS) is 28.9. The summed E-state index contributed by atoms with van der Waals surface area (Å²) in [5, 5.41) is 9.35. The van der Waals surface area contributed by atoms with E-state index in [2.05, 4.69) is 17.9 Å². The molecule has 0 radical (unpaired) electrons. The molecule has 0 bridgehead atoms. The molecule has 0 amide bonds. The number of hydrogen-bond acceptors (Lipinski definition) is 2. The minimum atomic E-state index is -0.148. The van der Waals surface area contributed by atoms with E-state index >= 15 is 0 Å². The fraction of sp³-hybridized carbons (Fsp3) is 0.917. The predicted molar refractivity (Wildman–Crippen MR) is 56.8 cm³/mol. The van der Waals surface area contributed by atoms with Crippen LogP contribution in [-0.2, 0) is 0 Å². The van der Waals surface area contributed by atoms with Crippen molar-refractivity contribution in [1.82, 2.24) is 4.90 Å². The fourth-order valence-electron chi connectivity index (χ4n) is 2.60. The molecule has 1 saturated heterocycles. The molecular weight excluding hydrogens is 172 g/mol. The Hall–Kier alpha value is -0.550. The van der Waals surface area contributed by atoms with Gasteiger partial charge in [0.15, 0.2) is 0 Å². The first-order chi connectivity index (χ1) is 6.77. The number of likely N-dealkylation sites (tertiary alicyclic amines) is 1. The lowest BCUT2D eigenvalue weighted by molar-refractivity contribution is 0.137. The van der Waals surface area contributed by atoms with Gasteiger partial charge in [-0.3, -0.25) is 4.90 Å². The zero-order chi connectivity index (χ0) is 10.0. The molecule has 1 atom stereocenters. The maximum absolute atomic E-state index is 9.35. The summed E-state index contributed by atoms with van der Waals surface area (Å²) in [5.41, 5.74) is -0.148. The molecule has 2 fully saturated rings. The van der Waals surface area contributed by atoms with Gasteiger partial charge in [-0.05, 0) is 51.6 Å². The van der Waals surface area contributed by atoms with E-state index in [1.165, 1.54) is 38.5 Å². The van der Waals surface area contributed by atoms with E-state index in [0.717, 1.165) is 13.1 Å². The molecule has 2 heteroatoms. The van der Waals surface area contributed by atoms with Crippen LogP contribution in [0.15, 0.2) is 0 Å². The minimum absolute atomic E-state index is 0.148. The number of rotatable bonds is 2. The molecule has 0 aromatic carbocycles. The molecule has 0 aromatic rings. The molecule has 2 rings (SSSR count). The van der Waals surface area contributed by atoms with Crippen molar-refractivity contribution in [3.8, 4) is 6.07 Å². The first-order valence-electron chi connectivity index (χ1n) is 5.93. The second-order valence-electron chi connectivity index (χ2n) is 4.93. The smallest absolute Gasteiger partial charge is 0.109 e. The van der Waals surface area contributed by atoms with Gasteiger partial charge >= 0.3 is 0 Å². The summed E-state index contributed by atoms with van der Waals surface area (Å²) in [6.45, 7) is 4.43. The third-order valence-corrected chi connectivity index (χ3v) is 3.86. The Bertz CT molecular complexity index is 231. The van der Waals surface area contributed by atoms with Gasteiger partial charge in [0.1, 0.15) is 5.54 Å². The van der Waals surface area contributed by atoms with Gasteiger partial charge in [0.2, 0.25) is 0 Å². The van der Waals surface area contributed by atoms with Crippen molar-refractivity contribution in [3.63, 3.8) is 0 Å². The molecular formula is C12H20N2. The summed E-state index contributed by atoms with van der Waals surface area (Å²) in [7, 11) is 0. The maximum atomic E-state index is 9.35. The number of hydrogen-bond donors (Lipinski definition) is 0. The lowest BCUT2D eigenvalue weighted by Gasteiger charge is -2.35. The molecule has 0 spiro atoms. The Balaban J connectivity index is 2.05. The molecule has 14 heavy (non-hydrogen) atoms. The molecule has 2 aliphatic rings. The van der Waals surface area contributed by atoms with Gasteiger partial charge in [-0.15, -0.1) is 0 Å². The van der Waals surface area contributed by atoms with E-state index in [1.54, 1.807) is 0 Å². The van der Waals surface area contributed by atoms with Crippen LogP contribution in [0.3, 0.4) is 0 Å². The van der Waals surface area contributed by atoms with E-state index in [-0.39, 0.29) is 5.54 Å².